The predicted octanol–water partition coefficient (Wildman–Crippen LogP) is 5.31. The van der Waals surface area contributed by atoms with Crippen LogP contribution >= 0.6 is 11.3 Å². The summed E-state index contributed by atoms with van der Waals surface area (Å²) < 4.78 is 38.2. The van der Waals surface area contributed by atoms with Crippen molar-refractivity contribution in [1.29, 1.82) is 0 Å². The lowest BCUT2D eigenvalue weighted by molar-refractivity contribution is -0.139. The lowest BCUT2D eigenvalue weighted by Crippen LogP contribution is -2.40. The summed E-state index contributed by atoms with van der Waals surface area (Å²) in [7, 11) is 1.54. The number of hydrogen-bond donors (Lipinski definition) is 0. The molecule has 0 radical (unpaired) electrons. The number of methoxy groups -OCH3 is 1. The monoisotopic (exact) mass is 616 g/mol. The normalized spacial score (nSPS) is 14.7. The molecular formula is C34H33FN2O6S. The van der Waals surface area contributed by atoms with Gasteiger partial charge in [0.25, 0.3) is 5.56 Å². The Hall–Kier alpha value is -4.70. The van der Waals surface area contributed by atoms with Gasteiger partial charge in [-0.2, -0.15) is 0 Å². The van der Waals surface area contributed by atoms with Gasteiger partial charge in [-0.3, -0.25) is 9.36 Å². The lowest BCUT2D eigenvalue weighted by atomic mass is 9.95. The van der Waals surface area contributed by atoms with Crippen LogP contribution in [-0.2, 0) is 16.1 Å². The molecule has 10 heteroatoms. The molecule has 1 aromatic heterocycles. The third-order valence-corrected chi connectivity index (χ3v) is 7.87. The number of allylic oxidation sites excluding steroid dienone is 1. The second kappa shape index (κ2) is 13.3. The fourth-order valence-electron chi connectivity index (χ4n) is 4.94. The van der Waals surface area contributed by atoms with Crippen molar-refractivity contribution in [1.82, 2.24) is 4.57 Å². The second-order valence-corrected chi connectivity index (χ2v) is 11.3. The Labute approximate surface area is 258 Å². The number of thiazole rings is 1. The van der Waals surface area contributed by atoms with E-state index in [2.05, 4.69) is 4.99 Å². The molecule has 0 unspecified atom stereocenters. The number of halogens is 1. The van der Waals surface area contributed by atoms with Crippen molar-refractivity contribution >= 4 is 23.4 Å². The number of fused-ring (bicyclic) bond motifs is 1. The standard InChI is InChI=1S/C34H33FN2O6S/c1-6-41-33(39)30-21(4)36-34-37(31(30)25-9-7-8-10-26(25)43-20(2)3)32(38)29(44-34)18-23-13-16-27(28(17-23)40-5)42-19-22-11-14-24(35)15-12-22/h7-18,20,31H,6,19H2,1-5H3/b29-18+/t31-/m0/s1. The van der Waals surface area contributed by atoms with E-state index in [1.165, 1.54) is 35.1 Å². The average molecular weight is 617 g/mol. The highest BCUT2D eigenvalue weighted by molar-refractivity contribution is 7.07. The Morgan fingerprint density at radius 1 is 1.07 bits per heavy atom. The molecule has 4 aromatic rings. The Morgan fingerprint density at radius 3 is 2.52 bits per heavy atom. The Kier molecular flexibility index (Phi) is 9.29. The largest absolute Gasteiger partial charge is 0.493 e. The molecule has 5 rings (SSSR count). The van der Waals surface area contributed by atoms with E-state index in [0.29, 0.717) is 43.4 Å². The Bertz CT molecular complexity index is 1890. The molecule has 0 amide bonds. The molecule has 0 N–H and O–H groups in total. The van der Waals surface area contributed by atoms with E-state index in [1.807, 2.05) is 44.2 Å². The predicted molar refractivity (Wildman–Crippen MR) is 166 cm³/mol. The first kappa shape index (κ1) is 30.7. The van der Waals surface area contributed by atoms with Gasteiger partial charge in [0, 0.05) is 5.56 Å². The number of rotatable bonds is 10. The number of nitrogens with zero attached hydrogens (tertiary/aromatic N) is 2. The molecule has 8 nitrogen and oxygen atoms in total. The molecule has 0 bridgehead atoms. The molecule has 0 saturated heterocycles. The minimum Gasteiger partial charge on any atom is -0.493 e. The van der Waals surface area contributed by atoms with Crippen LogP contribution in [0.15, 0.2) is 87.8 Å². The van der Waals surface area contributed by atoms with Crippen molar-refractivity contribution < 1.29 is 28.1 Å². The maximum Gasteiger partial charge on any atom is 0.338 e. The molecule has 1 aliphatic heterocycles. The van der Waals surface area contributed by atoms with Crippen molar-refractivity contribution in [2.45, 2.75) is 46.4 Å². The van der Waals surface area contributed by atoms with Crippen LogP contribution in [0.4, 0.5) is 4.39 Å². The molecule has 0 saturated carbocycles. The first-order valence-corrected chi connectivity index (χ1v) is 15.0. The fraction of sp³-hybridized carbons (Fsp3) is 0.265. The quantitative estimate of drug-likeness (QED) is 0.225. The highest BCUT2D eigenvalue weighted by Crippen LogP contribution is 2.36. The summed E-state index contributed by atoms with van der Waals surface area (Å²) in [5.41, 5.74) is 2.65. The zero-order chi connectivity index (χ0) is 31.4. The number of esters is 1. The molecule has 0 spiro atoms. The van der Waals surface area contributed by atoms with Gasteiger partial charge in [0.15, 0.2) is 16.3 Å². The van der Waals surface area contributed by atoms with Gasteiger partial charge in [0.2, 0.25) is 0 Å². The summed E-state index contributed by atoms with van der Waals surface area (Å²) in [6, 6.07) is 18.0. The molecule has 0 aliphatic carbocycles. The zero-order valence-electron chi connectivity index (χ0n) is 25.1. The van der Waals surface area contributed by atoms with Crippen LogP contribution in [0.5, 0.6) is 17.2 Å². The van der Waals surface area contributed by atoms with E-state index in [4.69, 9.17) is 18.9 Å². The van der Waals surface area contributed by atoms with Crippen LogP contribution in [0.1, 0.15) is 50.4 Å². The van der Waals surface area contributed by atoms with Crippen molar-refractivity contribution in [3.05, 3.63) is 120 Å². The maximum absolute atomic E-state index is 14.1. The molecule has 2 heterocycles. The number of para-hydroxylation sites is 1. The van der Waals surface area contributed by atoms with Crippen molar-refractivity contribution in [2.24, 2.45) is 4.99 Å². The SMILES string of the molecule is CCOC(=O)C1=C(C)N=c2s/c(=C/c3ccc(OCc4ccc(F)cc4)c(OC)c3)c(=O)n2[C@H]1c1ccccc1OC(C)C. The number of benzene rings is 3. The summed E-state index contributed by atoms with van der Waals surface area (Å²) in [4.78, 5) is 32.4. The summed E-state index contributed by atoms with van der Waals surface area (Å²) in [6.07, 6.45) is 1.63. The van der Waals surface area contributed by atoms with Gasteiger partial charge in [-0.15, -0.1) is 0 Å². The van der Waals surface area contributed by atoms with Crippen molar-refractivity contribution in [3.63, 3.8) is 0 Å². The smallest absolute Gasteiger partial charge is 0.338 e. The van der Waals surface area contributed by atoms with Crippen LogP contribution in [0.3, 0.4) is 0 Å². The van der Waals surface area contributed by atoms with E-state index < -0.39 is 12.0 Å². The van der Waals surface area contributed by atoms with Gasteiger partial charge in [0.1, 0.15) is 24.2 Å². The summed E-state index contributed by atoms with van der Waals surface area (Å²) in [5.74, 6) is 0.708. The number of aromatic nitrogens is 1. The number of ether oxygens (including phenoxy) is 4. The molecule has 228 valence electrons. The minimum atomic E-state index is -0.792. The molecule has 0 fully saturated rings. The van der Waals surface area contributed by atoms with Crippen LogP contribution in [-0.4, -0.2) is 30.4 Å². The summed E-state index contributed by atoms with van der Waals surface area (Å²) >= 11 is 1.23. The van der Waals surface area contributed by atoms with Gasteiger partial charge < -0.3 is 18.9 Å². The molecule has 3 aromatic carbocycles. The Balaban J connectivity index is 1.57. The zero-order valence-corrected chi connectivity index (χ0v) is 25.9. The first-order chi connectivity index (χ1) is 21.2. The van der Waals surface area contributed by atoms with Gasteiger partial charge in [0.05, 0.1) is 35.6 Å². The summed E-state index contributed by atoms with van der Waals surface area (Å²) in [5, 5.41) is 0. The van der Waals surface area contributed by atoms with E-state index in [1.54, 1.807) is 44.2 Å². The second-order valence-electron chi connectivity index (χ2n) is 10.3. The molecule has 1 atom stereocenters. The average Bonchev–Trinajstić information content (AvgIpc) is 3.30. The van der Waals surface area contributed by atoms with Gasteiger partial charge >= 0.3 is 5.97 Å². The van der Waals surface area contributed by atoms with Crippen LogP contribution in [0, 0.1) is 5.82 Å². The molecular weight excluding hydrogens is 583 g/mol. The topological polar surface area (TPSA) is 88.4 Å². The highest BCUT2D eigenvalue weighted by atomic mass is 32.1. The number of carbonyl (C=O) groups is 1. The summed E-state index contributed by atoms with van der Waals surface area (Å²) in [6.45, 7) is 7.74. The third-order valence-electron chi connectivity index (χ3n) is 6.89. The van der Waals surface area contributed by atoms with E-state index in [0.717, 1.165) is 5.56 Å². The third kappa shape index (κ3) is 6.45. The van der Waals surface area contributed by atoms with Crippen molar-refractivity contribution in [2.75, 3.05) is 13.7 Å². The highest BCUT2D eigenvalue weighted by Gasteiger charge is 2.35. The number of hydrogen-bond acceptors (Lipinski definition) is 8. The Morgan fingerprint density at radius 2 is 1.82 bits per heavy atom. The first-order valence-electron chi connectivity index (χ1n) is 14.2. The number of carbonyl (C=O) groups excluding carboxylic acids is 1. The van der Waals surface area contributed by atoms with E-state index >= 15 is 0 Å². The fourth-order valence-corrected chi connectivity index (χ4v) is 5.99. The van der Waals surface area contributed by atoms with Crippen molar-refractivity contribution in [3.8, 4) is 17.2 Å². The lowest BCUT2D eigenvalue weighted by Gasteiger charge is -2.26. The van der Waals surface area contributed by atoms with Gasteiger partial charge in [-0.1, -0.05) is 47.7 Å². The van der Waals surface area contributed by atoms with E-state index in [-0.39, 0.29) is 36.3 Å². The van der Waals surface area contributed by atoms with Crippen LogP contribution in [0.25, 0.3) is 6.08 Å². The van der Waals surface area contributed by atoms with Crippen LogP contribution < -0.4 is 29.1 Å². The van der Waals surface area contributed by atoms with E-state index in [9.17, 15) is 14.0 Å². The molecule has 1 aliphatic rings. The van der Waals surface area contributed by atoms with Gasteiger partial charge in [-0.05, 0) is 75.2 Å². The van der Waals surface area contributed by atoms with Crippen LogP contribution in [0.2, 0.25) is 0 Å². The maximum atomic E-state index is 14.1. The minimum absolute atomic E-state index is 0.124. The van der Waals surface area contributed by atoms with Gasteiger partial charge in [-0.25, -0.2) is 14.2 Å². The molecule has 44 heavy (non-hydrogen) atoms.